The van der Waals surface area contributed by atoms with Crippen molar-refractivity contribution in [3.05, 3.63) is 59.9 Å². The van der Waals surface area contributed by atoms with Gasteiger partial charge in [-0.15, -0.1) is 5.10 Å². The first-order valence-electron chi connectivity index (χ1n) is 7.38. The molecule has 0 spiro atoms. The predicted octanol–water partition coefficient (Wildman–Crippen LogP) is 3.15. The Kier molecular flexibility index (Phi) is 3.97. The van der Waals surface area contributed by atoms with Crippen LogP contribution >= 0.6 is 0 Å². The van der Waals surface area contributed by atoms with Crippen LogP contribution in [0.2, 0.25) is 0 Å². The van der Waals surface area contributed by atoms with E-state index in [1.807, 2.05) is 17.9 Å². The van der Waals surface area contributed by atoms with Gasteiger partial charge in [-0.1, -0.05) is 54.6 Å². The fraction of sp³-hybridized carbons (Fsp3) is 0.294. The zero-order valence-electron chi connectivity index (χ0n) is 12.5. The quantitative estimate of drug-likeness (QED) is 0.780. The molecule has 0 saturated carbocycles. The van der Waals surface area contributed by atoms with Gasteiger partial charge < -0.3 is 5.32 Å². The molecule has 0 aliphatic heterocycles. The molecule has 0 saturated heterocycles. The van der Waals surface area contributed by atoms with E-state index in [1.54, 1.807) is 0 Å². The lowest BCUT2D eigenvalue weighted by Gasteiger charge is -2.19. The van der Waals surface area contributed by atoms with Crippen molar-refractivity contribution in [2.75, 3.05) is 7.05 Å². The molecule has 21 heavy (non-hydrogen) atoms. The van der Waals surface area contributed by atoms with Gasteiger partial charge in [-0.3, -0.25) is 0 Å². The zero-order valence-corrected chi connectivity index (χ0v) is 12.5. The summed E-state index contributed by atoms with van der Waals surface area (Å²) in [5.41, 5.74) is 2.37. The van der Waals surface area contributed by atoms with Gasteiger partial charge in [0.1, 0.15) is 0 Å². The third-order valence-corrected chi connectivity index (χ3v) is 3.80. The fourth-order valence-electron chi connectivity index (χ4n) is 2.84. The molecule has 0 aliphatic carbocycles. The van der Waals surface area contributed by atoms with Gasteiger partial charge >= 0.3 is 0 Å². The summed E-state index contributed by atoms with van der Waals surface area (Å²) >= 11 is 0. The lowest BCUT2D eigenvalue weighted by Crippen LogP contribution is -2.22. The maximum atomic E-state index is 4.21. The number of hydrogen-bond acceptors (Lipinski definition) is 3. The Bertz CT molecular complexity index is 727. The number of aromatic nitrogens is 3. The molecular formula is C17H20N4. The first-order valence-corrected chi connectivity index (χ1v) is 7.38. The van der Waals surface area contributed by atoms with Gasteiger partial charge in [0.25, 0.3) is 0 Å². The number of rotatable bonds is 5. The first kappa shape index (κ1) is 13.8. The minimum atomic E-state index is 0.0950. The fourth-order valence-corrected chi connectivity index (χ4v) is 2.84. The number of nitrogens with one attached hydrogen (secondary N) is 1. The normalized spacial score (nSPS) is 12.7. The molecule has 1 aromatic heterocycles. The van der Waals surface area contributed by atoms with Crippen LogP contribution in [0.25, 0.3) is 10.8 Å². The topological polar surface area (TPSA) is 42.7 Å². The van der Waals surface area contributed by atoms with E-state index >= 15 is 0 Å². The van der Waals surface area contributed by atoms with Crippen LogP contribution in [0.5, 0.6) is 0 Å². The number of aryl methyl sites for hydroxylation is 1. The third-order valence-electron chi connectivity index (χ3n) is 3.80. The molecule has 0 amide bonds. The molecule has 4 heteroatoms. The van der Waals surface area contributed by atoms with Crippen molar-refractivity contribution in [3.8, 4) is 0 Å². The molecule has 0 radical (unpaired) electrons. The summed E-state index contributed by atoms with van der Waals surface area (Å²) in [5.74, 6) is 0. The highest BCUT2D eigenvalue weighted by Gasteiger charge is 2.19. The average molecular weight is 280 g/mol. The Labute approximate surface area is 124 Å². The maximum absolute atomic E-state index is 4.21. The van der Waals surface area contributed by atoms with E-state index in [4.69, 9.17) is 0 Å². The molecule has 3 aromatic rings. The van der Waals surface area contributed by atoms with E-state index in [1.165, 1.54) is 16.3 Å². The van der Waals surface area contributed by atoms with Gasteiger partial charge in [-0.2, -0.15) is 0 Å². The van der Waals surface area contributed by atoms with Crippen molar-refractivity contribution in [2.24, 2.45) is 0 Å². The second-order valence-electron chi connectivity index (χ2n) is 5.17. The molecule has 0 bridgehead atoms. The molecule has 1 atom stereocenters. The van der Waals surface area contributed by atoms with Crippen molar-refractivity contribution in [2.45, 2.75) is 25.9 Å². The molecule has 3 rings (SSSR count). The Balaban J connectivity index is 2.12. The van der Waals surface area contributed by atoms with Crippen LogP contribution in [0.1, 0.15) is 30.6 Å². The summed E-state index contributed by atoms with van der Waals surface area (Å²) in [5, 5.41) is 14.2. The van der Waals surface area contributed by atoms with Crippen molar-refractivity contribution < 1.29 is 0 Å². The SMILES string of the molecule is CCCn1nncc1C(NC)c1cccc2ccccc12. The van der Waals surface area contributed by atoms with Gasteiger partial charge in [0, 0.05) is 6.54 Å². The Hall–Kier alpha value is -2.20. The number of hydrogen-bond donors (Lipinski definition) is 1. The largest absolute Gasteiger partial charge is 0.308 e. The van der Waals surface area contributed by atoms with Crippen molar-refractivity contribution in [1.29, 1.82) is 0 Å². The molecule has 1 N–H and O–H groups in total. The van der Waals surface area contributed by atoms with Crippen LogP contribution in [-0.2, 0) is 6.54 Å². The molecule has 4 nitrogen and oxygen atoms in total. The lowest BCUT2D eigenvalue weighted by atomic mass is 9.97. The Morgan fingerprint density at radius 3 is 2.76 bits per heavy atom. The van der Waals surface area contributed by atoms with E-state index in [-0.39, 0.29) is 6.04 Å². The minimum absolute atomic E-state index is 0.0950. The molecule has 0 fully saturated rings. The van der Waals surface area contributed by atoms with Crippen LogP contribution in [-0.4, -0.2) is 22.0 Å². The Morgan fingerprint density at radius 2 is 1.95 bits per heavy atom. The van der Waals surface area contributed by atoms with E-state index in [9.17, 15) is 0 Å². The second kappa shape index (κ2) is 6.06. The zero-order chi connectivity index (χ0) is 14.7. The van der Waals surface area contributed by atoms with Crippen LogP contribution < -0.4 is 5.32 Å². The van der Waals surface area contributed by atoms with Gasteiger partial charge in [0.15, 0.2) is 0 Å². The van der Waals surface area contributed by atoms with Gasteiger partial charge in [-0.05, 0) is 29.8 Å². The molecule has 1 unspecified atom stereocenters. The summed E-state index contributed by atoms with van der Waals surface area (Å²) in [6, 6.07) is 15.0. The van der Waals surface area contributed by atoms with Crippen molar-refractivity contribution in [3.63, 3.8) is 0 Å². The van der Waals surface area contributed by atoms with Gasteiger partial charge in [0.2, 0.25) is 0 Å². The number of benzene rings is 2. The monoisotopic (exact) mass is 280 g/mol. The van der Waals surface area contributed by atoms with E-state index in [2.05, 4.69) is 65.0 Å². The molecule has 1 heterocycles. The van der Waals surface area contributed by atoms with E-state index in [0.29, 0.717) is 0 Å². The van der Waals surface area contributed by atoms with Crippen molar-refractivity contribution in [1.82, 2.24) is 20.3 Å². The van der Waals surface area contributed by atoms with Crippen LogP contribution in [0, 0.1) is 0 Å². The predicted molar refractivity (Wildman–Crippen MR) is 85.2 cm³/mol. The highest BCUT2D eigenvalue weighted by Crippen LogP contribution is 2.28. The molecule has 108 valence electrons. The van der Waals surface area contributed by atoms with Crippen LogP contribution in [0.3, 0.4) is 0 Å². The maximum Gasteiger partial charge on any atom is 0.0802 e. The highest BCUT2D eigenvalue weighted by atomic mass is 15.4. The number of nitrogens with zero attached hydrogens (tertiary/aromatic N) is 3. The standard InChI is InChI=1S/C17H20N4/c1-3-11-21-16(12-19-20-21)17(18-2)15-10-6-8-13-7-4-5-9-14(13)15/h4-10,12,17-18H,3,11H2,1-2H3. The third kappa shape index (κ3) is 2.54. The highest BCUT2D eigenvalue weighted by molar-refractivity contribution is 5.86. The summed E-state index contributed by atoms with van der Waals surface area (Å²) in [6.07, 6.45) is 2.90. The van der Waals surface area contributed by atoms with E-state index in [0.717, 1.165) is 18.7 Å². The second-order valence-corrected chi connectivity index (χ2v) is 5.17. The lowest BCUT2D eigenvalue weighted by molar-refractivity contribution is 0.524. The van der Waals surface area contributed by atoms with Crippen LogP contribution in [0.15, 0.2) is 48.7 Å². The van der Waals surface area contributed by atoms with Crippen LogP contribution in [0.4, 0.5) is 0 Å². The molecular weight excluding hydrogens is 260 g/mol. The van der Waals surface area contributed by atoms with Gasteiger partial charge in [-0.25, -0.2) is 4.68 Å². The van der Waals surface area contributed by atoms with Gasteiger partial charge in [0.05, 0.1) is 17.9 Å². The summed E-state index contributed by atoms with van der Waals surface area (Å²) < 4.78 is 1.99. The van der Waals surface area contributed by atoms with E-state index < -0.39 is 0 Å². The Morgan fingerprint density at radius 1 is 1.14 bits per heavy atom. The summed E-state index contributed by atoms with van der Waals surface area (Å²) in [4.78, 5) is 0. The summed E-state index contributed by atoms with van der Waals surface area (Å²) in [6.45, 7) is 3.04. The first-order chi connectivity index (χ1) is 10.3. The number of fused-ring (bicyclic) bond motifs is 1. The average Bonchev–Trinajstić information content (AvgIpc) is 2.97. The smallest absolute Gasteiger partial charge is 0.0802 e. The minimum Gasteiger partial charge on any atom is -0.308 e. The molecule has 2 aromatic carbocycles. The summed E-state index contributed by atoms with van der Waals surface area (Å²) in [7, 11) is 1.98. The van der Waals surface area contributed by atoms with Crippen molar-refractivity contribution >= 4 is 10.8 Å². The molecule has 0 aliphatic rings.